The third kappa shape index (κ3) is 2.15. The van der Waals surface area contributed by atoms with E-state index in [9.17, 15) is 4.79 Å². The standard InChI is InChI=1S/C8H10BrN3O2/c1-14-7-4-5(9)2-3-6(7)12(11)8(10)13/h2-4H,11H2,1H3,(H2,10,13). The van der Waals surface area contributed by atoms with Crippen molar-refractivity contribution in [2.45, 2.75) is 0 Å². The second-order valence-corrected chi connectivity index (χ2v) is 3.44. The smallest absolute Gasteiger partial charge is 0.333 e. The number of anilines is 1. The molecule has 6 heteroatoms. The lowest BCUT2D eigenvalue weighted by atomic mass is 10.3. The van der Waals surface area contributed by atoms with Crippen LogP contribution in [0.3, 0.4) is 0 Å². The summed E-state index contributed by atoms with van der Waals surface area (Å²) in [6.07, 6.45) is 0. The number of methoxy groups -OCH3 is 1. The molecule has 2 amide bonds. The van der Waals surface area contributed by atoms with Crippen LogP contribution in [0.5, 0.6) is 5.75 Å². The maximum atomic E-state index is 10.8. The minimum absolute atomic E-state index is 0.420. The van der Waals surface area contributed by atoms with E-state index in [4.69, 9.17) is 16.3 Å². The number of primary amides is 1. The minimum atomic E-state index is -0.745. The van der Waals surface area contributed by atoms with Crippen molar-refractivity contribution in [2.75, 3.05) is 12.1 Å². The van der Waals surface area contributed by atoms with Crippen LogP contribution in [-0.4, -0.2) is 13.1 Å². The number of carbonyl (C=O) groups is 1. The highest BCUT2D eigenvalue weighted by atomic mass is 79.9. The van der Waals surface area contributed by atoms with Crippen molar-refractivity contribution in [1.82, 2.24) is 0 Å². The van der Waals surface area contributed by atoms with Gasteiger partial charge in [-0.3, -0.25) is 0 Å². The molecule has 0 aliphatic carbocycles. The van der Waals surface area contributed by atoms with E-state index in [0.717, 1.165) is 9.48 Å². The van der Waals surface area contributed by atoms with Gasteiger partial charge in [0.25, 0.3) is 0 Å². The number of carbonyl (C=O) groups excluding carboxylic acids is 1. The molecule has 0 radical (unpaired) electrons. The molecular weight excluding hydrogens is 250 g/mol. The lowest BCUT2D eigenvalue weighted by Gasteiger charge is -2.16. The van der Waals surface area contributed by atoms with Crippen LogP contribution in [0, 0.1) is 0 Å². The van der Waals surface area contributed by atoms with Gasteiger partial charge in [-0.25, -0.2) is 15.6 Å². The summed E-state index contributed by atoms with van der Waals surface area (Å²) >= 11 is 3.27. The van der Waals surface area contributed by atoms with E-state index in [1.165, 1.54) is 7.11 Å². The zero-order chi connectivity index (χ0) is 10.7. The zero-order valence-electron chi connectivity index (χ0n) is 7.53. The number of benzene rings is 1. The number of hydrazine groups is 1. The Morgan fingerprint density at radius 1 is 1.57 bits per heavy atom. The summed E-state index contributed by atoms with van der Waals surface area (Å²) in [5.41, 5.74) is 5.44. The van der Waals surface area contributed by atoms with E-state index < -0.39 is 6.03 Å². The Morgan fingerprint density at radius 2 is 2.21 bits per heavy atom. The molecule has 0 fully saturated rings. The molecule has 0 spiro atoms. The van der Waals surface area contributed by atoms with E-state index in [-0.39, 0.29) is 0 Å². The first-order valence-corrected chi connectivity index (χ1v) is 4.53. The van der Waals surface area contributed by atoms with Crippen molar-refractivity contribution in [3.8, 4) is 5.75 Å². The van der Waals surface area contributed by atoms with Crippen molar-refractivity contribution in [3.63, 3.8) is 0 Å². The normalized spacial score (nSPS) is 9.64. The predicted molar refractivity (Wildman–Crippen MR) is 56.9 cm³/mol. The van der Waals surface area contributed by atoms with Crippen LogP contribution in [0.2, 0.25) is 0 Å². The summed E-state index contributed by atoms with van der Waals surface area (Å²) in [7, 11) is 1.49. The minimum Gasteiger partial charge on any atom is -0.494 e. The molecule has 1 aromatic rings. The molecule has 0 unspecified atom stereocenters. The number of urea groups is 1. The van der Waals surface area contributed by atoms with Gasteiger partial charge in [0.15, 0.2) is 0 Å². The molecule has 1 rings (SSSR count). The quantitative estimate of drug-likeness (QED) is 0.476. The first-order valence-electron chi connectivity index (χ1n) is 3.74. The maximum Gasteiger partial charge on any atom is 0.333 e. The average Bonchev–Trinajstić information content (AvgIpc) is 2.16. The number of hydrogen-bond donors (Lipinski definition) is 2. The Bertz CT molecular complexity index is 356. The molecule has 5 nitrogen and oxygen atoms in total. The molecule has 14 heavy (non-hydrogen) atoms. The van der Waals surface area contributed by atoms with Crippen LogP contribution < -0.4 is 21.3 Å². The van der Waals surface area contributed by atoms with Crippen molar-refractivity contribution in [2.24, 2.45) is 11.6 Å². The van der Waals surface area contributed by atoms with Crippen molar-refractivity contribution >= 4 is 27.6 Å². The number of amides is 2. The van der Waals surface area contributed by atoms with Gasteiger partial charge in [0.2, 0.25) is 0 Å². The van der Waals surface area contributed by atoms with Crippen molar-refractivity contribution in [3.05, 3.63) is 22.7 Å². The number of nitrogens with two attached hydrogens (primary N) is 2. The van der Waals surface area contributed by atoms with Gasteiger partial charge in [-0.2, -0.15) is 0 Å². The van der Waals surface area contributed by atoms with E-state index >= 15 is 0 Å². The fourth-order valence-electron chi connectivity index (χ4n) is 0.969. The van der Waals surface area contributed by atoms with E-state index in [2.05, 4.69) is 15.9 Å². The number of hydrogen-bond acceptors (Lipinski definition) is 3. The second kappa shape index (κ2) is 4.30. The Labute approximate surface area is 89.7 Å². The molecule has 0 bridgehead atoms. The van der Waals surface area contributed by atoms with Gasteiger partial charge in [-0.05, 0) is 18.2 Å². The molecule has 0 atom stereocenters. The Hall–Kier alpha value is -1.27. The second-order valence-electron chi connectivity index (χ2n) is 2.52. The molecule has 0 aromatic heterocycles. The molecule has 0 aliphatic heterocycles. The maximum absolute atomic E-state index is 10.8. The monoisotopic (exact) mass is 259 g/mol. The number of nitrogens with zero attached hydrogens (tertiary/aromatic N) is 1. The van der Waals surface area contributed by atoms with Crippen LogP contribution in [0.4, 0.5) is 10.5 Å². The summed E-state index contributed by atoms with van der Waals surface area (Å²) in [6, 6.07) is 4.32. The molecule has 1 aromatic carbocycles. The molecule has 76 valence electrons. The highest BCUT2D eigenvalue weighted by Crippen LogP contribution is 2.29. The molecule has 0 heterocycles. The fraction of sp³-hybridized carbons (Fsp3) is 0.125. The molecule has 0 saturated heterocycles. The van der Waals surface area contributed by atoms with Crippen LogP contribution in [-0.2, 0) is 0 Å². The number of rotatable bonds is 2. The van der Waals surface area contributed by atoms with Gasteiger partial charge in [0.05, 0.1) is 7.11 Å². The van der Waals surface area contributed by atoms with E-state index in [0.29, 0.717) is 11.4 Å². The van der Waals surface area contributed by atoms with Gasteiger partial charge in [-0.15, -0.1) is 0 Å². The Kier molecular flexibility index (Phi) is 3.32. The van der Waals surface area contributed by atoms with Crippen molar-refractivity contribution in [1.29, 1.82) is 0 Å². The van der Waals surface area contributed by atoms with Gasteiger partial charge < -0.3 is 10.5 Å². The lowest BCUT2D eigenvalue weighted by molar-refractivity contribution is 0.254. The van der Waals surface area contributed by atoms with Gasteiger partial charge >= 0.3 is 6.03 Å². The van der Waals surface area contributed by atoms with E-state index in [1.54, 1.807) is 18.2 Å². The highest BCUT2D eigenvalue weighted by Gasteiger charge is 2.12. The SMILES string of the molecule is COc1cc(Br)ccc1N(N)C(N)=O. The first-order chi connectivity index (χ1) is 6.56. The predicted octanol–water partition coefficient (Wildman–Crippen LogP) is 1.22. The van der Waals surface area contributed by atoms with Crippen molar-refractivity contribution < 1.29 is 9.53 Å². The zero-order valence-corrected chi connectivity index (χ0v) is 9.11. The van der Waals surface area contributed by atoms with Gasteiger partial charge in [0.1, 0.15) is 11.4 Å². The molecule has 0 aliphatic rings. The number of ether oxygens (including phenoxy) is 1. The van der Waals surface area contributed by atoms with Gasteiger partial charge in [0, 0.05) is 4.47 Å². The largest absolute Gasteiger partial charge is 0.494 e. The average molecular weight is 260 g/mol. The van der Waals surface area contributed by atoms with Gasteiger partial charge in [-0.1, -0.05) is 15.9 Å². The summed E-state index contributed by atoms with van der Waals surface area (Å²) in [6.45, 7) is 0. The summed E-state index contributed by atoms with van der Waals surface area (Å²) < 4.78 is 5.87. The Balaban J connectivity index is 3.13. The molecule has 4 N–H and O–H groups in total. The topological polar surface area (TPSA) is 81.6 Å². The lowest BCUT2D eigenvalue weighted by Crippen LogP contribution is -2.41. The first kappa shape index (κ1) is 10.8. The van der Waals surface area contributed by atoms with Crippen LogP contribution in [0.25, 0.3) is 0 Å². The summed E-state index contributed by atoms with van der Waals surface area (Å²) in [5, 5.41) is 0.825. The summed E-state index contributed by atoms with van der Waals surface area (Å²) in [4.78, 5) is 10.8. The molecular formula is C8H10BrN3O2. The Morgan fingerprint density at radius 3 is 2.71 bits per heavy atom. The van der Waals surface area contributed by atoms with Crippen LogP contribution in [0.15, 0.2) is 22.7 Å². The van der Waals surface area contributed by atoms with E-state index in [1.807, 2.05) is 0 Å². The third-order valence-corrected chi connectivity index (χ3v) is 2.13. The fourth-order valence-corrected chi connectivity index (χ4v) is 1.31. The number of halogens is 1. The summed E-state index contributed by atoms with van der Waals surface area (Å²) in [5.74, 6) is 5.90. The van der Waals surface area contributed by atoms with Crippen LogP contribution >= 0.6 is 15.9 Å². The van der Waals surface area contributed by atoms with Crippen LogP contribution in [0.1, 0.15) is 0 Å². The third-order valence-electron chi connectivity index (χ3n) is 1.64. The highest BCUT2D eigenvalue weighted by molar-refractivity contribution is 9.10. The molecule has 0 saturated carbocycles.